The number of allylic oxidation sites excluding steroid dienone is 2. The van der Waals surface area contributed by atoms with Crippen LogP contribution in [0.1, 0.15) is 310 Å². The van der Waals surface area contributed by atoms with Gasteiger partial charge in [-0.2, -0.15) is 0 Å². The molecule has 0 aliphatic rings. The average molecular weight is 875 g/mol. The highest BCUT2D eigenvalue weighted by Gasteiger charge is 2.19. The van der Waals surface area contributed by atoms with Crippen molar-refractivity contribution in [3.05, 3.63) is 12.2 Å². The summed E-state index contributed by atoms with van der Waals surface area (Å²) in [5.41, 5.74) is 0. The number of esters is 3. The Hall–Kier alpha value is -1.85. The van der Waals surface area contributed by atoms with E-state index in [0.29, 0.717) is 19.3 Å². The maximum Gasteiger partial charge on any atom is 0.306 e. The van der Waals surface area contributed by atoms with Gasteiger partial charge in [0.1, 0.15) is 13.2 Å². The fourth-order valence-corrected chi connectivity index (χ4v) is 8.32. The van der Waals surface area contributed by atoms with Crippen molar-refractivity contribution in [3.8, 4) is 0 Å². The van der Waals surface area contributed by atoms with Gasteiger partial charge in [0.25, 0.3) is 0 Å². The predicted octanol–water partition coefficient (Wildman–Crippen LogP) is 18.2. The summed E-state index contributed by atoms with van der Waals surface area (Å²) in [6.45, 7) is 6.60. The molecule has 6 nitrogen and oxygen atoms in total. The molecule has 0 fully saturated rings. The Bertz CT molecular complexity index is 962. The first-order valence-electron chi connectivity index (χ1n) is 27.7. The number of ether oxygens (including phenoxy) is 3. The van der Waals surface area contributed by atoms with Gasteiger partial charge in [0.15, 0.2) is 6.10 Å². The Morgan fingerprint density at radius 1 is 0.306 bits per heavy atom. The smallest absolute Gasteiger partial charge is 0.306 e. The number of hydrogen-bond donors (Lipinski definition) is 0. The lowest BCUT2D eigenvalue weighted by Crippen LogP contribution is -2.30. The Morgan fingerprint density at radius 2 is 0.532 bits per heavy atom. The number of carbonyl (C=O) groups is 3. The van der Waals surface area contributed by atoms with E-state index in [1.807, 2.05) is 0 Å². The molecule has 1 unspecified atom stereocenters. The van der Waals surface area contributed by atoms with Crippen LogP contribution in [0.2, 0.25) is 0 Å². The zero-order valence-electron chi connectivity index (χ0n) is 41.9. The van der Waals surface area contributed by atoms with Crippen molar-refractivity contribution in [1.29, 1.82) is 0 Å². The standard InChI is InChI=1S/C56H106O6/c1-4-7-10-13-15-17-19-21-23-25-27-29-30-32-34-36-38-40-43-46-49-55(58)61-52-53(51-60-54(57)48-45-42-12-9-6-3)62-56(59)50-47-44-41-39-37-35-33-31-28-26-24-22-20-18-16-14-11-8-5-2/h22,24,53H,4-21,23,25-52H2,1-3H3/b24-22-. The van der Waals surface area contributed by atoms with Gasteiger partial charge in [-0.05, 0) is 44.9 Å². The van der Waals surface area contributed by atoms with Crippen LogP contribution >= 0.6 is 0 Å². The van der Waals surface area contributed by atoms with Crippen LogP contribution < -0.4 is 0 Å². The molecule has 0 spiro atoms. The third-order valence-corrected chi connectivity index (χ3v) is 12.5. The van der Waals surface area contributed by atoms with Gasteiger partial charge in [-0.3, -0.25) is 14.4 Å². The van der Waals surface area contributed by atoms with E-state index < -0.39 is 6.10 Å². The molecule has 0 radical (unpaired) electrons. The largest absolute Gasteiger partial charge is 0.462 e. The molecule has 0 aliphatic heterocycles. The van der Waals surface area contributed by atoms with E-state index in [-0.39, 0.29) is 31.1 Å². The third-order valence-electron chi connectivity index (χ3n) is 12.5. The second kappa shape index (κ2) is 51.8. The average Bonchev–Trinajstić information content (AvgIpc) is 3.27. The van der Waals surface area contributed by atoms with Crippen LogP contribution in [0.25, 0.3) is 0 Å². The van der Waals surface area contributed by atoms with Gasteiger partial charge in [-0.25, -0.2) is 0 Å². The van der Waals surface area contributed by atoms with Crippen molar-refractivity contribution in [2.24, 2.45) is 0 Å². The maximum absolute atomic E-state index is 12.8. The first kappa shape index (κ1) is 60.2. The summed E-state index contributed by atoms with van der Waals surface area (Å²) >= 11 is 0. The van der Waals surface area contributed by atoms with Gasteiger partial charge in [0.2, 0.25) is 0 Å². The molecule has 0 saturated heterocycles. The maximum atomic E-state index is 12.8. The molecule has 1 atom stereocenters. The van der Waals surface area contributed by atoms with Crippen LogP contribution in [0.15, 0.2) is 12.2 Å². The van der Waals surface area contributed by atoms with Crippen molar-refractivity contribution < 1.29 is 28.6 Å². The van der Waals surface area contributed by atoms with E-state index in [9.17, 15) is 14.4 Å². The Kier molecular flexibility index (Phi) is 50.2. The fourth-order valence-electron chi connectivity index (χ4n) is 8.32. The number of unbranched alkanes of at least 4 members (excludes halogenated alkanes) is 38. The molecule has 0 aromatic rings. The van der Waals surface area contributed by atoms with E-state index in [0.717, 1.165) is 64.2 Å². The molecule has 6 heteroatoms. The monoisotopic (exact) mass is 875 g/mol. The molecule has 0 aliphatic carbocycles. The lowest BCUT2D eigenvalue weighted by molar-refractivity contribution is -0.167. The van der Waals surface area contributed by atoms with E-state index in [4.69, 9.17) is 14.2 Å². The predicted molar refractivity (Wildman–Crippen MR) is 266 cm³/mol. The minimum atomic E-state index is -0.763. The van der Waals surface area contributed by atoms with E-state index in [2.05, 4.69) is 32.9 Å². The minimum Gasteiger partial charge on any atom is -0.462 e. The van der Waals surface area contributed by atoms with Gasteiger partial charge >= 0.3 is 17.9 Å². The highest BCUT2D eigenvalue weighted by molar-refractivity contribution is 5.71. The lowest BCUT2D eigenvalue weighted by atomic mass is 10.0. The second-order valence-electron chi connectivity index (χ2n) is 18.9. The van der Waals surface area contributed by atoms with E-state index >= 15 is 0 Å². The van der Waals surface area contributed by atoms with Crippen molar-refractivity contribution in [2.75, 3.05) is 13.2 Å². The van der Waals surface area contributed by atoms with Crippen LogP contribution in [-0.2, 0) is 28.6 Å². The Morgan fingerprint density at radius 3 is 0.806 bits per heavy atom. The summed E-state index contributed by atoms with van der Waals surface area (Å²) in [7, 11) is 0. The summed E-state index contributed by atoms with van der Waals surface area (Å²) in [5.74, 6) is -0.864. The van der Waals surface area contributed by atoms with Gasteiger partial charge in [-0.1, -0.05) is 258 Å². The van der Waals surface area contributed by atoms with E-state index in [1.165, 1.54) is 205 Å². The molecule has 0 bridgehead atoms. The summed E-state index contributed by atoms with van der Waals surface area (Å²) in [4.78, 5) is 37.7. The van der Waals surface area contributed by atoms with Crippen molar-refractivity contribution >= 4 is 17.9 Å². The first-order chi connectivity index (χ1) is 30.5. The minimum absolute atomic E-state index is 0.0664. The highest BCUT2D eigenvalue weighted by Crippen LogP contribution is 2.17. The van der Waals surface area contributed by atoms with Gasteiger partial charge < -0.3 is 14.2 Å². The molecule has 62 heavy (non-hydrogen) atoms. The zero-order valence-corrected chi connectivity index (χ0v) is 41.9. The first-order valence-corrected chi connectivity index (χ1v) is 27.7. The number of rotatable bonds is 51. The molecule has 0 rings (SSSR count). The molecule has 0 aromatic heterocycles. The molecule has 0 saturated carbocycles. The quantitative estimate of drug-likeness (QED) is 0.0262. The lowest BCUT2D eigenvalue weighted by Gasteiger charge is -2.18. The van der Waals surface area contributed by atoms with Crippen LogP contribution in [0.5, 0.6) is 0 Å². The van der Waals surface area contributed by atoms with Crippen molar-refractivity contribution in [1.82, 2.24) is 0 Å². The molecular formula is C56H106O6. The molecule has 0 amide bonds. The van der Waals surface area contributed by atoms with Crippen LogP contribution in [0.3, 0.4) is 0 Å². The van der Waals surface area contributed by atoms with Gasteiger partial charge in [0, 0.05) is 19.3 Å². The SMILES string of the molecule is CCCCCCCC/C=C\CCCCCCCCCCCC(=O)OC(COC(=O)CCCCCCC)COC(=O)CCCCCCCCCCCCCCCCCCCCCC. The van der Waals surface area contributed by atoms with E-state index in [1.54, 1.807) is 0 Å². The van der Waals surface area contributed by atoms with Gasteiger partial charge in [-0.15, -0.1) is 0 Å². The fraction of sp³-hybridized carbons (Fsp3) is 0.911. The van der Waals surface area contributed by atoms with Crippen LogP contribution in [0, 0.1) is 0 Å². The molecule has 366 valence electrons. The molecule has 0 heterocycles. The molecule has 0 N–H and O–H groups in total. The highest BCUT2D eigenvalue weighted by atomic mass is 16.6. The number of hydrogen-bond acceptors (Lipinski definition) is 6. The van der Waals surface area contributed by atoms with Crippen molar-refractivity contribution in [2.45, 2.75) is 316 Å². The topological polar surface area (TPSA) is 78.9 Å². The zero-order chi connectivity index (χ0) is 45.1. The Balaban J connectivity index is 4.07. The summed E-state index contributed by atoms with van der Waals surface area (Å²) in [5, 5.41) is 0. The van der Waals surface area contributed by atoms with Crippen LogP contribution in [-0.4, -0.2) is 37.2 Å². The van der Waals surface area contributed by atoms with Gasteiger partial charge in [0.05, 0.1) is 0 Å². The van der Waals surface area contributed by atoms with Crippen molar-refractivity contribution in [3.63, 3.8) is 0 Å². The normalized spacial score (nSPS) is 12.0. The third kappa shape index (κ3) is 49.2. The summed E-state index contributed by atoms with van der Waals surface area (Å²) in [6, 6.07) is 0. The molecule has 0 aromatic carbocycles. The Labute approximate surface area is 386 Å². The summed E-state index contributed by atoms with van der Waals surface area (Å²) < 4.78 is 16.7. The number of carbonyl (C=O) groups excluding carboxylic acids is 3. The molecular weight excluding hydrogens is 769 g/mol. The second-order valence-corrected chi connectivity index (χ2v) is 18.9. The summed E-state index contributed by atoms with van der Waals surface area (Å²) in [6.07, 6.45) is 58.2. The van der Waals surface area contributed by atoms with Crippen LogP contribution in [0.4, 0.5) is 0 Å².